The average Bonchev–Trinajstić information content (AvgIpc) is 3.39. The van der Waals surface area contributed by atoms with Crippen molar-refractivity contribution >= 4 is 17.8 Å². The minimum absolute atomic E-state index is 0.0306. The van der Waals surface area contributed by atoms with E-state index < -0.39 is 37.1 Å². The van der Waals surface area contributed by atoms with Gasteiger partial charge in [0.15, 0.2) is 5.82 Å². The number of rotatable bonds is 8. The Labute approximate surface area is 160 Å². The number of amides is 2. The minimum Gasteiger partial charge on any atom is -0.475 e. The van der Waals surface area contributed by atoms with Crippen molar-refractivity contribution in [2.45, 2.75) is 38.7 Å². The van der Waals surface area contributed by atoms with E-state index in [1.165, 1.54) is 4.90 Å². The summed E-state index contributed by atoms with van der Waals surface area (Å²) in [7, 11) is 0. The van der Waals surface area contributed by atoms with Crippen molar-refractivity contribution in [3.05, 3.63) is 6.20 Å². The van der Waals surface area contributed by atoms with Crippen LogP contribution in [0, 0.1) is 11.8 Å². The second kappa shape index (κ2) is 7.72. The van der Waals surface area contributed by atoms with Gasteiger partial charge in [-0.25, -0.2) is 18.6 Å². The van der Waals surface area contributed by atoms with E-state index in [1.54, 1.807) is 13.8 Å². The van der Waals surface area contributed by atoms with Gasteiger partial charge in [0.1, 0.15) is 6.04 Å². The summed E-state index contributed by atoms with van der Waals surface area (Å²) in [6.45, 7) is 2.88. The van der Waals surface area contributed by atoms with Crippen LogP contribution in [0.5, 0.6) is 11.8 Å². The molecule has 0 spiro atoms. The summed E-state index contributed by atoms with van der Waals surface area (Å²) in [6.07, 6.45) is 2.28. The summed E-state index contributed by atoms with van der Waals surface area (Å²) in [5.41, 5.74) is 5.25. The molecule has 1 saturated heterocycles. The van der Waals surface area contributed by atoms with Gasteiger partial charge >= 0.3 is 6.09 Å². The van der Waals surface area contributed by atoms with Crippen molar-refractivity contribution in [3.63, 3.8) is 0 Å². The molecule has 154 valence electrons. The number of hydrogen-bond donors (Lipinski definition) is 2. The van der Waals surface area contributed by atoms with Crippen LogP contribution in [-0.4, -0.2) is 53.6 Å². The van der Waals surface area contributed by atoms with Crippen molar-refractivity contribution in [1.29, 1.82) is 0 Å². The zero-order valence-corrected chi connectivity index (χ0v) is 15.7. The molecule has 3 rings (SSSR count). The maximum absolute atomic E-state index is 13.2. The number of anilines is 1. The number of aromatic nitrogens is 2. The standard InChI is InChI=1S/C17H23F2N5O4/c1-9(2)12(13(20)25)23-16(26)28-11-5-21-14(24-7-17(18,19)8-24)15(22-11)27-6-10-3-4-10/h5,9-10,12H,3-4,6-8H2,1-2H3,(H2,20,25)(H,23,26). The zero-order chi connectivity index (χ0) is 20.5. The predicted molar refractivity (Wildman–Crippen MR) is 94.4 cm³/mol. The number of carbonyl (C=O) groups excluding carboxylic acids is 2. The Morgan fingerprint density at radius 2 is 2.07 bits per heavy atom. The molecule has 1 aromatic heterocycles. The van der Waals surface area contributed by atoms with Crippen molar-refractivity contribution in [3.8, 4) is 11.8 Å². The van der Waals surface area contributed by atoms with Crippen molar-refractivity contribution < 1.29 is 27.8 Å². The fourth-order valence-electron chi connectivity index (χ4n) is 2.67. The van der Waals surface area contributed by atoms with Gasteiger partial charge in [-0.05, 0) is 24.7 Å². The van der Waals surface area contributed by atoms with E-state index in [2.05, 4.69) is 15.3 Å². The maximum atomic E-state index is 13.2. The first-order chi connectivity index (χ1) is 13.1. The molecule has 2 aliphatic rings. The lowest BCUT2D eigenvalue weighted by molar-refractivity contribution is -0.120. The number of ether oxygens (including phenoxy) is 2. The van der Waals surface area contributed by atoms with Gasteiger partial charge in [0.05, 0.1) is 25.9 Å². The van der Waals surface area contributed by atoms with E-state index in [1.807, 2.05) is 0 Å². The summed E-state index contributed by atoms with van der Waals surface area (Å²) in [5.74, 6) is -3.26. The molecule has 1 saturated carbocycles. The summed E-state index contributed by atoms with van der Waals surface area (Å²) >= 11 is 0. The number of nitrogens with zero attached hydrogens (tertiary/aromatic N) is 3. The molecule has 2 heterocycles. The normalized spacial score (nSPS) is 19.0. The molecule has 2 fully saturated rings. The molecule has 0 bridgehead atoms. The zero-order valence-electron chi connectivity index (χ0n) is 15.7. The second-order valence-electron chi connectivity index (χ2n) is 7.46. The van der Waals surface area contributed by atoms with Gasteiger partial charge in [-0.2, -0.15) is 4.98 Å². The molecule has 1 aliphatic carbocycles. The van der Waals surface area contributed by atoms with Gasteiger partial charge in [-0.15, -0.1) is 0 Å². The summed E-state index contributed by atoms with van der Waals surface area (Å²) in [6, 6.07) is -0.909. The first kappa shape index (κ1) is 20.0. The third-order valence-corrected chi connectivity index (χ3v) is 4.44. The molecule has 28 heavy (non-hydrogen) atoms. The number of nitrogens with one attached hydrogen (secondary N) is 1. The fraction of sp³-hybridized carbons (Fsp3) is 0.647. The Bertz CT molecular complexity index is 749. The first-order valence-electron chi connectivity index (χ1n) is 9.05. The number of alkyl halides is 2. The molecule has 0 aromatic carbocycles. The second-order valence-corrected chi connectivity index (χ2v) is 7.46. The van der Waals surface area contributed by atoms with E-state index >= 15 is 0 Å². The third-order valence-electron chi connectivity index (χ3n) is 4.44. The SMILES string of the molecule is CC(C)C(NC(=O)Oc1cnc(N2CC(F)(F)C2)c(OCC2CC2)n1)C(N)=O. The van der Waals surface area contributed by atoms with Gasteiger partial charge in [0.2, 0.25) is 11.8 Å². The van der Waals surface area contributed by atoms with Crippen LogP contribution in [0.3, 0.4) is 0 Å². The molecule has 9 nitrogen and oxygen atoms in total. The highest BCUT2D eigenvalue weighted by Crippen LogP contribution is 2.37. The van der Waals surface area contributed by atoms with E-state index in [9.17, 15) is 18.4 Å². The quantitative estimate of drug-likeness (QED) is 0.676. The molecule has 1 unspecified atom stereocenters. The highest BCUT2D eigenvalue weighted by molar-refractivity contribution is 5.84. The lowest BCUT2D eigenvalue weighted by Gasteiger charge is -2.39. The number of carbonyl (C=O) groups is 2. The molecular formula is C17H23F2N5O4. The first-order valence-corrected chi connectivity index (χ1v) is 9.05. The van der Waals surface area contributed by atoms with Crippen LogP contribution in [-0.2, 0) is 4.79 Å². The Kier molecular flexibility index (Phi) is 5.52. The van der Waals surface area contributed by atoms with Crippen LogP contribution in [0.1, 0.15) is 26.7 Å². The molecule has 3 N–H and O–H groups in total. The molecular weight excluding hydrogens is 376 g/mol. The molecule has 0 radical (unpaired) electrons. The van der Waals surface area contributed by atoms with Gasteiger partial charge < -0.3 is 25.4 Å². The van der Waals surface area contributed by atoms with Crippen LogP contribution < -0.4 is 25.4 Å². The van der Waals surface area contributed by atoms with E-state index in [4.69, 9.17) is 15.2 Å². The Balaban J connectivity index is 1.69. The van der Waals surface area contributed by atoms with Crippen molar-refractivity contribution in [1.82, 2.24) is 15.3 Å². The summed E-state index contributed by atoms with van der Waals surface area (Å²) in [5, 5.41) is 2.36. The monoisotopic (exact) mass is 399 g/mol. The van der Waals surface area contributed by atoms with Gasteiger partial charge in [-0.3, -0.25) is 4.79 Å². The third kappa shape index (κ3) is 4.96. The minimum atomic E-state index is -2.77. The molecule has 1 aromatic rings. The highest BCUT2D eigenvalue weighted by atomic mass is 19.3. The van der Waals surface area contributed by atoms with Gasteiger partial charge in [-0.1, -0.05) is 13.8 Å². The number of nitrogens with two attached hydrogens (primary N) is 1. The van der Waals surface area contributed by atoms with Crippen LogP contribution in [0.2, 0.25) is 0 Å². The van der Waals surface area contributed by atoms with Crippen LogP contribution in [0.25, 0.3) is 0 Å². The van der Waals surface area contributed by atoms with E-state index in [-0.39, 0.29) is 23.5 Å². The molecule has 11 heteroatoms. The Morgan fingerprint density at radius 1 is 1.39 bits per heavy atom. The smallest absolute Gasteiger partial charge is 0.414 e. The average molecular weight is 399 g/mol. The Morgan fingerprint density at radius 3 is 2.61 bits per heavy atom. The largest absolute Gasteiger partial charge is 0.475 e. The topological polar surface area (TPSA) is 120 Å². The highest BCUT2D eigenvalue weighted by Gasteiger charge is 2.46. The number of hydrogen-bond acceptors (Lipinski definition) is 7. The van der Waals surface area contributed by atoms with Gasteiger partial charge in [0.25, 0.3) is 11.8 Å². The summed E-state index contributed by atoms with van der Waals surface area (Å²) in [4.78, 5) is 32.9. The van der Waals surface area contributed by atoms with Crippen LogP contribution in [0.15, 0.2) is 6.20 Å². The lowest BCUT2D eigenvalue weighted by atomic mass is 10.0. The predicted octanol–water partition coefficient (Wildman–Crippen LogP) is 1.32. The lowest BCUT2D eigenvalue weighted by Crippen LogP contribution is -2.56. The van der Waals surface area contributed by atoms with E-state index in [0.717, 1.165) is 19.0 Å². The number of halogens is 2. The molecule has 1 aliphatic heterocycles. The summed E-state index contributed by atoms with van der Waals surface area (Å²) < 4.78 is 37.1. The van der Waals surface area contributed by atoms with Crippen molar-refractivity contribution in [2.75, 3.05) is 24.6 Å². The van der Waals surface area contributed by atoms with Gasteiger partial charge in [0, 0.05) is 0 Å². The number of primary amides is 1. The van der Waals surface area contributed by atoms with Crippen LogP contribution >= 0.6 is 0 Å². The maximum Gasteiger partial charge on any atom is 0.414 e. The Hall–Kier alpha value is -2.72. The van der Waals surface area contributed by atoms with Crippen LogP contribution in [0.4, 0.5) is 19.4 Å². The fourth-order valence-corrected chi connectivity index (χ4v) is 2.67. The van der Waals surface area contributed by atoms with Crippen molar-refractivity contribution in [2.24, 2.45) is 17.6 Å². The molecule has 2 amide bonds. The molecule has 1 atom stereocenters. The van der Waals surface area contributed by atoms with E-state index in [0.29, 0.717) is 12.5 Å².